The van der Waals surface area contributed by atoms with Crippen molar-refractivity contribution < 1.29 is 17.9 Å². The zero-order valence-electron chi connectivity index (χ0n) is 15.2. The minimum atomic E-state index is -3.62. The smallest absolute Gasteiger partial charge is 0.243 e. The van der Waals surface area contributed by atoms with Crippen molar-refractivity contribution in [2.45, 2.75) is 39.7 Å². The predicted octanol–water partition coefficient (Wildman–Crippen LogP) is 2.50. The Labute approximate surface area is 145 Å². The van der Waals surface area contributed by atoms with Crippen LogP contribution < -0.4 is 9.04 Å². The first-order valence-electron chi connectivity index (χ1n) is 8.14. The molecule has 1 amide bonds. The van der Waals surface area contributed by atoms with Crippen LogP contribution in [0.2, 0.25) is 0 Å². The minimum absolute atomic E-state index is 0.101. The molecule has 7 heteroatoms. The molecule has 0 saturated heterocycles. The van der Waals surface area contributed by atoms with Gasteiger partial charge in [0.2, 0.25) is 15.9 Å². The maximum atomic E-state index is 12.4. The molecule has 1 rings (SSSR count). The summed E-state index contributed by atoms with van der Waals surface area (Å²) in [5, 5.41) is 0. The molecule has 24 heavy (non-hydrogen) atoms. The fourth-order valence-electron chi connectivity index (χ4n) is 2.16. The number of ether oxygens (including phenoxy) is 1. The molecule has 0 fully saturated rings. The Hall–Kier alpha value is -1.76. The summed E-state index contributed by atoms with van der Waals surface area (Å²) in [6.07, 6.45) is 2.85. The standard InChI is InChI=1S/C17H28N2O4S/c1-6-7-12-18(4)17(20)13-19(24(5,21)22)15-10-8-9-11-16(15)23-14(2)3/h8-11,14H,6-7,12-13H2,1-5H3. The van der Waals surface area contributed by atoms with Gasteiger partial charge >= 0.3 is 0 Å². The lowest BCUT2D eigenvalue weighted by Gasteiger charge is -2.27. The Balaban J connectivity index is 3.10. The lowest BCUT2D eigenvalue weighted by Crippen LogP contribution is -2.41. The quantitative estimate of drug-likeness (QED) is 0.682. The fraction of sp³-hybridized carbons (Fsp3) is 0.588. The Morgan fingerprint density at radius 2 is 1.88 bits per heavy atom. The van der Waals surface area contributed by atoms with E-state index >= 15 is 0 Å². The van der Waals surface area contributed by atoms with Gasteiger partial charge in [-0.25, -0.2) is 8.42 Å². The van der Waals surface area contributed by atoms with E-state index in [9.17, 15) is 13.2 Å². The molecule has 0 aliphatic carbocycles. The number of hydrogen-bond donors (Lipinski definition) is 0. The summed E-state index contributed by atoms with van der Waals surface area (Å²) >= 11 is 0. The second kappa shape index (κ2) is 8.92. The summed E-state index contributed by atoms with van der Waals surface area (Å²) in [7, 11) is -1.93. The molecule has 0 heterocycles. The number of carbonyl (C=O) groups is 1. The molecule has 0 aliphatic rings. The Bertz CT molecular complexity index is 644. The zero-order valence-corrected chi connectivity index (χ0v) is 16.0. The van der Waals surface area contributed by atoms with Crippen LogP contribution in [0.25, 0.3) is 0 Å². The van der Waals surface area contributed by atoms with Crippen molar-refractivity contribution in [2.24, 2.45) is 0 Å². The van der Waals surface area contributed by atoms with E-state index in [4.69, 9.17) is 4.74 Å². The number of rotatable bonds is 9. The number of hydrogen-bond acceptors (Lipinski definition) is 4. The molecule has 0 spiro atoms. The average Bonchev–Trinajstić information content (AvgIpc) is 2.49. The van der Waals surface area contributed by atoms with E-state index < -0.39 is 10.0 Å². The lowest BCUT2D eigenvalue weighted by molar-refractivity contribution is -0.128. The zero-order chi connectivity index (χ0) is 18.3. The summed E-state index contributed by atoms with van der Waals surface area (Å²) in [6, 6.07) is 6.86. The topological polar surface area (TPSA) is 66.9 Å². The van der Waals surface area contributed by atoms with Crippen LogP contribution in [0.1, 0.15) is 33.6 Å². The number of nitrogens with zero attached hydrogens (tertiary/aromatic N) is 2. The van der Waals surface area contributed by atoms with E-state index in [1.165, 1.54) is 0 Å². The monoisotopic (exact) mass is 356 g/mol. The third-order valence-electron chi connectivity index (χ3n) is 3.45. The van der Waals surface area contributed by atoms with Crippen molar-refractivity contribution in [3.8, 4) is 5.75 Å². The summed E-state index contributed by atoms with van der Waals surface area (Å²) in [4.78, 5) is 14.0. The van der Waals surface area contributed by atoms with Gasteiger partial charge in [0, 0.05) is 13.6 Å². The van der Waals surface area contributed by atoms with Crippen LogP contribution in [0.4, 0.5) is 5.69 Å². The molecule has 0 unspecified atom stereocenters. The number of benzene rings is 1. The van der Waals surface area contributed by atoms with E-state index in [2.05, 4.69) is 0 Å². The van der Waals surface area contributed by atoms with Gasteiger partial charge in [-0.1, -0.05) is 25.5 Å². The molecular formula is C17H28N2O4S. The molecule has 0 radical (unpaired) electrons. The molecule has 0 aliphatic heterocycles. The normalized spacial score (nSPS) is 11.4. The van der Waals surface area contributed by atoms with Crippen molar-refractivity contribution in [1.82, 2.24) is 4.90 Å². The molecule has 0 saturated carbocycles. The van der Waals surface area contributed by atoms with Crippen molar-refractivity contribution >= 4 is 21.6 Å². The summed E-state index contributed by atoms with van der Waals surface area (Å²) in [6.45, 7) is 6.14. The van der Waals surface area contributed by atoms with Crippen LogP contribution in [-0.4, -0.2) is 51.7 Å². The molecular weight excluding hydrogens is 328 g/mol. The highest BCUT2D eigenvalue weighted by Gasteiger charge is 2.25. The number of amides is 1. The number of anilines is 1. The van der Waals surface area contributed by atoms with Gasteiger partial charge in [-0.05, 0) is 32.4 Å². The van der Waals surface area contributed by atoms with Crippen molar-refractivity contribution in [3.05, 3.63) is 24.3 Å². The van der Waals surface area contributed by atoms with Gasteiger partial charge in [0.1, 0.15) is 12.3 Å². The SMILES string of the molecule is CCCCN(C)C(=O)CN(c1ccccc1OC(C)C)S(C)(=O)=O. The summed E-state index contributed by atoms with van der Waals surface area (Å²) in [5.41, 5.74) is 0.381. The molecule has 1 aromatic rings. The van der Waals surface area contributed by atoms with E-state index in [0.717, 1.165) is 23.4 Å². The molecule has 136 valence electrons. The Morgan fingerprint density at radius 3 is 2.42 bits per heavy atom. The van der Waals surface area contributed by atoms with Crippen molar-refractivity contribution in [3.63, 3.8) is 0 Å². The van der Waals surface area contributed by atoms with Gasteiger partial charge in [-0.2, -0.15) is 0 Å². The fourth-order valence-corrected chi connectivity index (χ4v) is 3.01. The van der Waals surface area contributed by atoms with Crippen molar-refractivity contribution in [2.75, 3.05) is 30.7 Å². The molecule has 1 aromatic carbocycles. The molecule has 0 bridgehead atoms. The first-order chi connectivity index (χ1) is 11.2. The van der Waals surface area contributed by atoms with Gasteiger partial charge in [0.15, 0.2) is 0 Å². The highest BCUT2D eigenvalue weighted by molar-refractivity contribution is 7.92. The van der Waals surface area contributed by atoms with Crippen LogP contribution in [-0.2, 0) is 14.8 Å². The Morgan fingerprint density at radius 1 is 1.25 bits per heavy atom. The van der Waals surface area contributed by atoms with Gasteiger partial charge in [-0.15, -0.1) is 0 Å². The van der Waals surface area contributed by atoms with Crippen LogP contribution in [0.3, 0.4) is 0 Å². The van der Waals surface area contributed by atoms with Crippen molar-refractivity contribution in [1.29, 1.82) is 0 Å². The summed E-state index contributed by atoms with van der Waals surface area (Å²) in [5.74, 6) is 0.204. The van der Waals surface area contributed by atoms with Gasteiger partial charge in [0.25, 0.3) is 0 Å². The van der Waals surface area contributed by atoms with Gasteiger partial charge < -0.3 is 9.64 Å². The van der Waals surface area contributed by atoms with E-state index in [1.807, 2.05) is 20.8 Å². The van der Waals surface area contributed by atoms with Gasteiger partial charge in [0.05, 0.1) is 18.0 Å². The van der Waals surface area contributed by atoms with Gasteiger partial charge in [-0.3, -0.25) is 9.10 Å². The maximum absolute atomic E-state index is 12.4. The van der Waals surface area contributed by atoms with E-state index in [-0.39, 0.29) is 18.6 Å². The highest BCUT2D eigenvalue weighted by Crippen LogP contribution is 2.30. The predicted molar refractivity (Wildman–Crippen MR) is 96.9 cm³/mol. The maximum Gasteiger partial charge on any atom is 0.243 e. The third kappa shape index (κ3) is 6.03. The number of unbranched alkanes of at least 4 members (excludes halogenated alkanes) is 1. The second-order valence-corrected chi connectivity index (χ2v) is 7.98. The lowest BCUT2D eigenvalue weighted by atomic mass is 10.2. The minimum Gasteiger partial charge on any atom is -0.489 e. The van der Waals surface area contributed by atoms with E-state index in [0.29, 0.717) is 18.0 Å². The first-order valence-corrected chi connectivity index (χ1v) is 9.99. The molecule has 0 atom stereocenters. The number of carbonyl (C=O) groups excluding carboxylic acids is 1. The molecule has 0 aromatic heterocycles. The van der Waals surface area contributed by atoms with Crippen LogP contribution in [0.5, 0.6) is 5.75 Å². The number of sulfonamides is 1. The highest BCUT2D eigenvalue weighted by atomic mass is 32.2. The van der Waals surface area contributed by atoms with Crippen LogP contribution in [0, 0.1) is 0 Å². The number of para-hydroxylation sites is 2. The second-order valence-electron chi connectivity index (χ2n) is 6.07. The third-order valence-corrected chi connectivity index (χ3v) is 4.58. The average molecular weight is 356 g/mol. The first kappa shape index (κ1) is 20.3. The van der Waals surface area contributed by atoms with E-state index in [1.54, 1.807) is 36.2 Å². The molecule has 0 N–H and O–H groups in total. The van der Waals surface area contributed by atoms with Crippen LogP contribution in [0.15, 0.2) is 24.3 Å². The molecule has 6 nitrogen and oxygen atoms in total. The Kier molecular flexibility index (Phi) is 7.54. The van der Waals surface area contributed by atoms with Crippen LogP contribution >= 0.6 is 0 Å². The summed E-state index contributed by atoms with van der Waals surface area (Å²) < 4.78 is 31.3. The largest absolute Gasteiger partial charge is 0.489 e. The number of likely N-dealkylation sites (N-methyl/N-ethyl adjacent to an activating group) is 1.